The molecule has 2 aromatic rings. The first-order chi connectivity index (χ1) is 12.1. The van der Waals surface area contributed by atoms with E-state index in [2.05, 4.69) is 52.7 Å². The molecule has 1 aromatic carbocycles. The van der Waals surface area contributed by atoms with Gasteiger partial charge in [-0.2, -0.15) is 0 Å². The van der Waals surface area contributed by atoms with Crippen molar-refractivity contribution in [3.63, 3.8) is 0 Å². The van der Waals surface area contributed by atoms with Crippen LogP contribution in [-0.4, -0.2) is 47.2 Å². The molecule has 25 heavy (non-hydrogen) atoms. The molecule has 5 heteroatoms. The minimum absolute atomic E-state index is 0.420. The van der Waals surface area contributed by atoms with Gasteiger partial charge in [0, 0.05) is 43.6 Å². The first kappa shape index (κ1) is 16.3. The predicted octanol–water partition coefficient (Wildman–Crippen LogP) is 3.13. The smallest absolute Gasteiger partial charge is 0.147 e. The zero-order valence-corrected chi connectivity index (χ0v) is 15.4. The lowest BCUT2D eigenvalue weighted by molar-refractivity contribution is 0.179. The van der Waals surface area contributed by atoms with E-state index in [0.29, 0.717) is 18.1 Å². The van der Waals surface area contributed by atoms with Gasteiger partial charge in [0.1, 0.15) is 11.6 Å². The Morgan fingerprint density at radius 1 is 1.12 bits per heavy atom. The molecule has 0 saturated carbocycles. The zero-order chi connectivity index (χ0) is 17.6. The Morgan fingerprint density at radius 2 is 1.96 bits per heavy atom. The quantitative estimate of drug-likeness (QED) is 0.857. The highest BCUT2D eigenvalue weighted by atomic mass is 16.5. The molecule has 2 fully saturated rings. The number of fused-ring (bicyclic) bond motifs is 2. The number of likely N-dealkylation sites (tertiary alicyclic amines) is 1. The van der Waals surface area contributed by atoms with Gasteiger partial charge < -0.3 is 9.64 Å². The van der Waals surface area contributed by atoms with Gasteiger partial charge in [-0.05, 0) is 49.9 Å². The number of methoxy groups -OCH3 is 1. The summed E-state index contributed by atoms with van der Waals surface area (Å²) in [6.45, 7) is 8.83. The lowest BCUT2D eigenvalue weighted by Gasteiger charge is -2.38. The van der Waals surface area contributed by atoms with E-state index < -0.39 is 0 Å². The first-order valence-electron chi connectivity index (χ1n) is 9.02. The maximum atomic E-state index is 5.47. The van der Waals surface area contributed by atoms with Crippen LogP contribution in [0.4, 0.5) is 5.82 Å². The fraction of sp³-hybridized carbons (Fsp3) is 0.500. The van der Waals surface area contributed by atoms with Crippen molar-refractivity contribution < 1.29 is 4.74 Å². The summed E-state index contributed by atoms with van der Waals surface area (Å²) in [7, 11) is 1.74. The van der Waals surface area contributed by atoms with E-state index in [0.717, 1.165) is 24.7 Å². The Morgan fingerprint density at radius 3 is 2.60 bits per heavy atom. The summed E-state index contributed by atoms with van der Waals surface area (Å²) in [5.74, 6) is 1.99. The van der Waals surface area contributed by atoms with Crippen LogP contribution in [-0.2, 0) is 0 Å². The number of anilines is 1. The van der Waals surface area contributed by atoms with Crippen LogP contribution in [0.5, 0.6) is 5.75 Å². The van der Waals surface area contributed by atoms with Crippen molar-refractivity contribution >= 4 is 5.82 Å². The maximum absolute atomic E-state index is 5.47. The van der Waals surface area contributed by atoms with E-state index in [-0.39, 0.29) is 0 Å². The molecule has 1 aromatic heterocycles. The summed E-state index contributed by atoms with van der Waals surface area (Å²) in [6.07, 6.45) is 6.62. The molecule has 3 atom stereocenters. The van der Waals surface area contributed by atoms with Crippen molar-refractivity contribution in [2.45, 2.75) is 45.3 Å². The summed E-state index contributed by atoms with van der Waals surface area (Å²) in [6, 6.07) is 5.89. The molecule has 0 radical (unpaired) electrons. The molecule has 2 bridgehead atoms. The summed E-state index contributed by atoms with van der Waals surface area (Å²) in [5, 5.41) is 0. The number of ether oxygens (including phenoxy) is 1. The summed E-state index contributed by atoms with van der Waals surface area (Å²) in [5.41, 5.74) is 4.01. The fourth-order valence-corrected chi connectivity index (χ4v) is 4.56. The van der Waals surface area contributed by atoms with Crippen LogP contribution in [0.3, 0.4) is 0 Å². The normalized spacial score (nSPS) is 23.9. The van der Waals surface area contributed by atoms with Gasteiger partial charge in [0.25, 0.3) is 0 Å². The molecule has 0 unspecified atom stereocenters. The topological polar surface area (TPSA) is 41.5 Å². The molecule has 2 aliphatic rings. The van der Waals surface area contributed by atoms with Crippen LogP contribution in [0.2, 0.25) is 0 Å². The van der Waals surface area contributed by atoms with Crippen molar-refractivity contribution in [3.8, 4) is 5.75 Å². The Bertz CT molecular complexity index is 764. The van der Waals surface area contributed by atoms with Crippen LogP contribution in [0, 0.1) is 13.8 Å². The summed E-state index contributed by atoms with van der Waals surface area (Å²) in [4.78, 5) is 13.8. The third-order valence-corrected chi connectivity index (χ3v) is 6.07. The van der Waals surface area contributed by atoms with E-state index >= 15 is 0 Å². The molecule has 5 nitrogen and oxygen atoms in total. The molecule has 132 valence electrons. The molecule has 2 aliphatic heterocycles. The van der Waals surface area contributed by atoms with Gasteiger partial charge in [0.2, 0.25) is 0 Å². The van der Waals surface area contributed by atoms with Crippen LogP contribution in [0.25, 0.3) is 0 Å². The van der Waals surface area contributed by atoms with Crippen LogP contribution < -0.4 is 9.64 Å². The SMILES string of the molecule is COc1ccc([C@H](C)N2C[C@@H]3C[C@H]2CN3c2cnccn2)c(C)c1C. The second-order valence-electron chi connectivity index (χ2n) is 7.24. The Labute approximate surface area is 149 Å². The van der Waals surface area contributed by atoms with Gasteiger partial charge in [0.15, 0.2) is 0 Å². The van der Waals surface area contributed by atoms with Gasteiger partial charge >= 0.3 is 0 Å². The van der Waals surface area contributed by atoms with E-state index in [9.17, 15) is 0 Å². The maximum Gasteiger partial charge on any atom is 0.147 e. The summed E-state index contributed by atoms with van der Waals surface area (Å²) < 4.78 is 5.47. The van der Waals surface area contributed by atoms with Gasteiger partial charge in [-0.25, -0.2) is 4.98 Å². The molecule has 0 spiro atoms. The van der Waals surface area contributed by atoms with Gasteiger partial charge in [-0.15, -0.1) is 0 Å². The molecule has 0 amide bonds. The van der Waals surface area contributed by atoms with Crippen molar-refractivity contribution in [2.75, 3.05) is 25.1 Å². The van der Waals surface area contributed by atoms with Gasteiger partial charge in [-0.1, -0.05) is 6.07 Å². The Balaban J connectivity index is 1.53. The second-order valence-corrected chi connectivity index (χ2v) is 7.24. The van der Waals surface area contributed by atoms with E-state index in [1.54, 1.807) is 19.5 Å². The molecular formula is C20H26N4O. The number of piperazine rings is 1. The monoisotopic (exact) mass is 338 g/mol. The molecule has 0 N–H and O–H groups in total. The Kier molecular flexibility index (Phi) is 4.12. The average Bonchev–Trinajstić information content (AvgIpc) is 3.25. The highest BCUT2D eigenvalue weighted by Gasteiger charge is 2.45. The van der Waals surface area contributed by atoms with E-state index in [1.807, 2.05) is 6.20 Å². The number of benzene rings is 1. The third kappa shape index (κ3) is 2.67. The third-order valence-electron chi connectivity index (χ3n) is 6.07. The number of rotatable bonds is 4. The van der Waals surface area contributed by atoms with Crippen molar-refractivity contribution in [1.29, 1.82) is 0 Å². The van der Waals surface area contributed by atoms with Crippen molar-refractivity contribution in [3.05, 3.63) is 47.4 Å². The number of nitrogens with zero attached hydrogens (tertiary/aromatic N) is 4. The minimum atomic E-state index is 0.420. The van der Waals surface area contributed by atoms with Crippen molar-refractivity contribution in [1.82, 2.24) is 14.9 Å². The zero-order valence-electron chi connectivity index (χ0n) is 15.4. The fourth-order valence-electron chi connectivity index (χ4n) is 4.56. The van der Waals surface area contributed by atoms with Gasteiger partial charge in [-0.3, -0.25) is 9.88 Å². The first-order valence-corrected chi connectivity index (χ1v) is 9.02. The highest BCUT2D eigenvalue weighted by molar-refractivity contribution is 5.46. The highest BCUT2D eigenvalue weighted by Crippen LogP contribution is 2.40. The van der Waals surface area contributed by atoms with Crippen LogP contribution >= 0.6 is 0 Å². The molecule has 0 aliphatic carbocycles. The Hall–Kier alpha value is -2.14. The second kappa shape index (κ2) is 6.30. The van der Waals surface area contributed by atoms with Crippen molar-refractivity contribution in [2.24, 2.45) is 0 Å². The van der Waals surface area contributed by atoms with Gasteiger partial charge in [0.05, 0.1) is 13.3 Å². The summed E-state index contributed by atoms with van der Waals surface area (Å²) >= 11 is 0. The standard InChI is InChI=1S/C20H26N4O/c1-13-14(2)19(25-4)6-5-18(13)15(3)23-11-17-9-16(23)12-24(17)20-10-21-7-8-22-20/h5-8,10,15-17H,9,11-12H2,1-4H3/t15-,16-,17-/m0/s1. The molecular weight excluding hydrogens is 312 g/mol. The largest absolute Gasteiger partial charge is 0.496 e. The molecule has 4 rings (SSSR count). The number of hydrogen-bond donors (Lipinski definition) is 0. The molecule has 2 saturated heterocycles. The average molecular weight is 338 g/mol. The van der Waals surface area contributed by atoms with E-state index in [1.165, 1.54) is 23.1 Å². The number of hydrogen-bond acceptors (Lipinski definition) is 5. The minimum Gasteiger partial charge on any atom is -0.496 e. The molecule has 3 heterocycles. The van der Waals surface area contributed by atoms with E-state index in [4.69, 9.17) is 4.74 Å². The number of aromatic nitrogens is 2. The van der Waals surface area contributed by atoms with Crippen LogP contribution in [0.1, 0.15) is 36.1 Å². The lowest BCUT2D eigenvalue weighted by atomic mass is 9.96. The van der Waals surface area contributed by atoms with Crippen LogP contribution in [0.15, 0.2) is 30.7 Å². The lowest BCUT2D eigenvalue weighted by Crippen LogP contribution is -2.47. The predicted molar refractivity (Wildman–Crippen MR) is 99.2 cm³/mol.